The summed E-state index contributed by atoms with van der Waals surface area (Å²) in [5.41, 5.74) is 5.38. The summed E-state index contributed by atoms with van der Waals surface area (Å²) in [6, 6.07) is 0. The lowest BCUT2D eigenvalue weighted by Crippen LogP contribution is -2.08. The average Bonchev–Trinajstić information content (AvgIpc) is 2.14. The fraction of sp³-hybridized carbons (Fsp3) is 0.667. The normalized spacial score (nSPS) is 29.0. The number of hydrogen-bond donors (Lipinski definition) is 1. The highest BCUT2D eigenvalue weighted by Crippen LogP contribution is 2.14. The van der Waals surface area contributed by atoms with E-state index in [9.17, 15) is 0 Å². The van der Waals surface area contributed by atoms with Gasteiger partial charge in [0.05, 0.1) is 0 Å². The topological polar surface area (TPSA) is 26.0 Å². The zero-order valence-corrected chi connectivity index (χ0v) is 4.43. The lowest BCUT2D eigenvalue weighted by atomic mass is 10.1. The zero-order chi connectivity index (χ0) is 5.11. The van der Waals surface area contributed by atoms with Crippen molar-refractivity contribution < 1.29 is 0 Å². The summed E-state index contributed by atoms with van der Waals surface area (Å²) in [5.74, 6) is 0.694. The van der Waals surface area contributed by atoms with Crippen LogP contribution in [-0.4, -0.2) is 6.54 Å². The first-order chi connectivity index (χ1) is 3.43. The average molecular weight is 97.2 g/mol. The van der Waals surface area contributed by atoms with Crippen LogP contribution in [0.5, 0.6) is 0 Å². The van der Waals surface area contributed by atoms with Crippen LogP contribution in [0.1, 0.15) is 12.8 Å². The van der Waals surface area contributed by atoms with Crippen LogP contribution in [-0.2, 0) is 0 Å². The molecule has 0 aliphatic heterocycles. The van der Waals surface area contributed by atoms with E-state index in [4.69, 9.17) is 5.73 Å². The van der Waals surface area contributed by atoms with E-state index in [1.807, 2.05) is 0 Å². The molecule has 0 aromatic rings. The van der Waals surface area contributed by atoms with Crippen LogP contribution >= 0.6 is 0 Å². The minimum absolute atomic E-state index is 0.694. The molecule has 0 amide bonds. The molecule has 1 aliphatic rings. The third-order valence-corrected chi connectivity index (χ3v) is 1.42. The molecule has 0 aromatic carbocycles. The highest BCUT2D eigenvalue weighted by molar-refractivity contribution is 4.96. The van der Waals surface area contributed by atoms with E-state index in [0.29, 0.717) is 5.92 Å². The summed E-state index contributed by atoms with van der Waals surface area (Å²) in [4.78, 5) is 0. The molecular weight excluding hydrogens is 86.1 g/mol. The maximum Gasteiger partial charge on any atom is -0.00141 e. The van der Waals surface area contributed by atoms with Crippen molar-refractivity contribution in [1.29, 1.82) is 0 Å². The summed E-state index contributed by atoms with van der Waals surface area (Å²) in [7, 11) is 0. The third-order valence-electron chi connectivity index (χ3n) is 1.42. The van der Waals surface area contributed by atoms with Crippen molar-refractivity contribution in [1.82, 2.24) is 0 Å². The first-order valence-corrected chi connectivity index (χ1v) is 2.80. The largest absolute Gasteiger partial charge is 0.330 e. The van der Waals surface area contributed by atoms with E-state index >= 15 is 0 Å². The molecule has 0 bridgehead atoms. The molecule has 0 saturated carbocycles. The van der Waals surface area contributed by atoms with Crippen molar-refractivity contribution in [2.75, 3.05) is 6.54 Å². The van der Waals surface area contributed by atoms with Gasteiger partial charge in [0.25, 0.3) is 0 Å². The van der Waals surface area contributed by atoms with E-state index in [0.717, 1.165) is 6.54 Å². The van der Waals surface area contributed by atoms with Gasteiger partial charge in [-0.25, -0.2) is 0 Å². The first-order valence-electron chi connectivity index (χ1n) is 2.80. The Bertz CT molecular complexity index is 76.2. The summed E-state index contributed by atoms with van der Waals surface area (Å²) in [6.07, 6.45) is 6.93. The van der Waals surface area contributed by atoms with Crippen LogP contribution < -0.4 is 5.73 Å². The van der Waals surface area contributed by atoms with E-state index < -0.39 is 0 Å². The van der Waals surface area contributed by atoms with E-state index in [-0.39, 0.29) is 0 Å². The van der Waals surface area contributed by atoms with Gasteiger partial charge in [-0.3, -0.25) is 0 Å². The van der Waals surface area contributed by atoms with Crippen LogP contribution in [0.3, 0.4) is 0 Å². The second-order valence-corrected chi connectivity index (χ2v) is 2.00. The van der Waals surface area contributed by atoms with Gasteiger partial charge in [-0.15, -0.1) is 0 Å². The van der Waals surface area contributed by atoms with E-state index in [2.05, 4.69) is 12.2 Å². The lowest BCUT2D eigenvalue weighted by molar-refractivity contribution is 0.645. The summed E-state index contributed by atoms with van der Waals surface area (Å²) < 4.78 is 0. The van der Waals surface area contributed by atoms with Gasteiger partial charge < -0.3 is 5.73 Å². The van der Waals surface area contributed by atoms with Crippen LogP contribution in [0.4, 0.5) is 0 Å². The second kappa shape index (κ2) is 2.12. The predicted molar refractivity (Wildman–Crippen MR) is 30.9 cm³/mol. The Labute approximate surface area is 44.2 Å². The van der Waals surface area contributed by atoms with Gasteiger partial charge >= 0.3 is 0 Å². The molecule has 0 radical (unpaired) electrons. The standard InChI is InChI=1S/C6H11N/c7-5-6-3-1-2-4-6/h1,3,6H,2,4-5,7H2/t6-/m0/s1. The van der Waals surface area contributed by atoms with Gasteiger partial charge in [-0.05, 0) is 25.3 Å². The SMILES string of the molecule is NC[C@H]1C=CCC1. The van der Waals surface area contributed by atoms with Gasteiger partial charge in [0.1, 0.15) is 0 Å². The van der Waals surface area contributed by atoms with Crippen LogP contribution in [0.15, 0.2) is 12.2 Å². The molecule has 0 unspecified atom stereocenters. The van der Waals surface area contributed by atoms with Crippen molar-refractivity contribution >= 4 is 0 Å². The first kappa shape index (κ1) is 4.85. The monoisotopic (exact) mass is 97.1 g/mol. The van der Waals surface area contributed by atoms with Crippen molar-refractivity contribution in [2.24, 2.45) is 11.7 Å². The maximum atomic E-state index is 5.38. The van der Waals surface area contributed by atoms with Crippen LogP contribution in [0.2, 0.25) is 0 Å². The Kier molecular flexibility index (Phi) is 1.47. The Morgan fingerprint density at radius 1 is 1.71 bits per heavy atom. The minimum Gasteiger partial charge on any atom is -0.330 e. The molecule has 2 N–H and O–H groups in total. The quantitative estimate of drug-likeness (QED) is 0.483. The van der Waals surface area contributed by atoms with Crippen LogP contribution in [0, 0.1) is 5.92 Å². The van der Waals surface area contributed by atoms with Gasteiger partial charge in [0.2, 0.25) is 0 Å². The fourth-order valence-electron chi connectivity index (χ4n) is 0.892. The lowest BCUT2D eigenvalue weighted by Gasteiger charge is -1.97. The van der Waals surface area contributed by atoms with Gasteiger partial charge in [-0.1, -0.05) is 12.2 Å². The summed E-state index contributed by atoms with van der Waals surface area (Å²) in [5, 5.41) is 0. The Morgan fingerprint density at radius 3 is 2.86 bits per heavy atom. The minimum atomic E-state index is 0.694. The molecule has 1 heteroatoms. The predicted octanol–water partition coefficient (Wildman–Crippen LogP) is 0.911. The maximum absolute atomic E-state index is 5.38. The highest BCUT2D eigenvalue weighted by atomic mass is 14.5. The zero-order valence-electron chi connectivity index (χ0n) is 4.43. The smallest absolute Gasteiger partial charge is 0.00141 e. The second-order valence-electron chi connectivity index (χ2n) is 2.00. The Morgan fingerprint density at radius 2 is 2.57 bits per heavy atom. The number of allylic oxidation sites excluding steroid dienone is 1. The van der Waals surface area contributed by atoms with Crippen molar-refractivity contribution in [2.45, 2.75) is 12.8 Å². The molecule has 1 nitrogen and oxygen atoms in total. The number of nitrogens with two attached hydrogens (primary N) is 1. The Hall–Kier alpha value is -0.300. The summed E-state index contributed by atoms with van der Waals surface area (Å²) >= 11 is 0. The number of rotatable bonds is 1. The molecule has 1 aliphatic carbocycles. The molecule has 7 heavy (non-hydrogen) atoms. The molecular formula is C6H11N. The number of hydrogen-bond acceptors (Lipinski definition) is 1. The molecule has 0 saturated heterocycles. The van der Waals surface area contributed by atoms with Crippen molar-refractivity contribution in [3.63, 3.8) is 0 Å². The van der Waals surface area contributed by atoms with Crippen molar-refractivity contribution in [3.8, 4) is 0 Å². The summed E-state index contributed by atoms with van der Waals surface area (Å²) in [6.45, 7) is 0.830. The molecule has 1 rings (SSSR count). The molecule has 0 heterocycles. The van der Waals surface area contributed by atoms with Gasteiger partial charge in [0.15, 0.2) is 0 Å². The van der Waals surface area contributed by atoms with E-state index in [1.165, 1.54) is 12.8 Å². The molecule has 0 spiro atoms. The van der Waals surface area contributed by atoms with Gasteiger partial charge in [-0.2, -0.15) is 0 Å². The third kappa shape index (κ3) is 1.03. The molecule has 40 valence electrons. The molecule has 0 aromatic heterocycles. The van der Waals surface area contributed by atoms with E-state index in [1.54, 1.807) is 0 Å². The Balaban J connectivity index is 2.28. The fourth-order valence-corrected chi connectivity index (χ4v) is 0.892. The van der Waals surface area contributed by atoms with Crippen LogP contribution in [0.25, 0.3) is 0 Å². The molecule has 0 fully saturated rings. The molecule has 1 atom stereocenters. The van der Waals surface area contributed by atoms with Gasteiger partial charge in [0, 0.05) is 0 Å². The van der Waals surface area contributed by atoms with Crippen molar-refractivity contribution in [3.05, 3.63) is 12.2 Å². The highest BCUT2D eigenvalue weighted by Gasteiger charge is 2.04.